The monoisotopic (exact) mass is 206 g/mol. The summed E-state index contributed by atoms with van der Waals surface area (Å²) in [4.78, 5) is 0. The van der Waals surface area contributed by atoms with E-state index in [0.29, 0.717) is 23.6 Å². The van der Waals surface area contributed by atoms with Crippen LogP contribution in [0.25, 0.3) is 0 Å². The molecule has 2 aliphatic rings. The Hall–Kier alpha value is 0.390. The van der Waals surface area contributed by atoms with Crippen molar-refractivity contribution in [2.24, 2.45) is 10.8 Å². The van der Waals surface area contributed by atoms with Crippen molar-refractivity contribution in [1.29, 1.82) is 0 Å². The van der Waals surface area contributed by atoms with Gasteiger partial charge in [0, 0.05) is 12.8 Å². The molecule has 0 aromatic heterocycles. The average Bonchev–Trinajstić information content (AvgIpc) is 2.19. The summed E-state index contributed by atoms with van der Waals surface area (Å²) < 4.78 is 0. The Labute approximate surface area is 106 Å². The molecule has 2 saturated heterocycles. The summed E-state index contributed by atoms with van der Waals surface area (Å²) in [6.45, 7) is 9.47. The molecule has 16 heavy (non-hydrogen) atoms. The largest absolute Gasteiger partial charge is 0.0851 e. The third-order valence-corrected chi connectivity index (χ3v) is 4.21. The molecule has 2 rings (SSSR count). The van der Waals surface area contributed by atoms with Crippen LogP contribution < -0.4 is 0 Å². The van der Waals surface area contributed by atoms with Gasteiger partial charge in [-0.25, -0.2) is 0 Å². The summed E-state index contributed by atoms with van der Waals surface area (Å²) in [6.07, 6.45) is 6.52. The van der Waals surface area contributed by atoms with E-state index in [4.69, 9.17) is 0 Å². The molecule has 0 unspecified atom stereocenters. The van der Waals surface area contributed by atoms with Crippen molar-refractivity contribution in [3.05, 3.63) is 0 Å². The van der Waals surface area contributed by atoms with Crippen LogP contribution in [0, 0.1) is 10.8 Å². The van der Waals surface area contributed by atoms with Gasteiger partial charge < -0.3 is 0 Å². The van der Waals surface area contributed by atoms with E-state index >= 15 is 0 Å². The molecular weight excluding hydrogens is 185 g/mol. The van der Waals surface area contributed by atoms with Gasteiger partial charge in [-0.2, -0.15) is 0 Å². The van der Waals surface area contributed by atoms with Crippen LogP contribution in [0.1, 0.15) is 27.7 Å². The van der Waals surface area contributed by atoms with E-state index in [2.05, 4.69) is 56.4 Å². The van der Waals surface area contributed by atoms with Crippen LogP contribution >= 0.6 is 0 Å². The topological polar surface area (TPSA) is 0 Å². The molecule has 0 aromatic carbocycles. The van der Waals surface area contributed by atoms with Crippen LogP contribution in [0.5, 0.6) is 0 Å². The maximum Gasteiger partial charge on any atom is 0.0559 e. The molecule has 0 nitrogen and oxygen atoms in total. The van der Waals surface area contributed by atoms with E-state index in [-0.39, 0.29) is 0 Å². The van der Waals surface area contributed by atoms with Crippen LogP contribution in [0.4, 0.5) is 0 Å². The van der Waals surface area contributed by atoms with Crippen LogP contribution in [0.2, 0.25) is 25.3 Å². The van der Waals surface area contributed by atoms with Crippen molar-refractivity contribution in [3.63, 3.8) is 0 Å². The first kappa shape index (κ1) is 12.8. The summed E-state index contributed by atoms with van der Waals surface area (Å²) in [5.74, 6) is 0. The predicted molar refractivity (Wildman–Crippen MR) is 81.3 cm³/mol. The molecule has 2 heterocycles. The molecule has 0 aliphatic carbocycles. The number of rotatable bonds is 1. The van der Waals surface area contributed by atoms with Gasteiger partial charge in [0.05, 0.1) is 28.7 Å². The summed E-state index contributed by atoms with van der Waals surface area (Å²) in [7, 11) is 10.2. The molecule has 0 bridgehead atoms. The molecule has 0 saturated carbocycles. The Morgan fingerprint density at radius 1 is 0.625 bits per heavy atom. The van der Waals surface area contributed by atoms with Crippen molar-refractivity contribution >= 4 is 41.5 Å². The second kappa shape index (κ2) is 4.58. The first-order chi connectivity index (χ1) is 7.38. The smallest absolute Gasteiger partial charge is 0.0559 e. The molecule has 6 heteroatoms. The zero-order valence-corrected chi connectivity index (χ0v) is 11.3. The lowest BCUT2D eigenvalue weighted by atomic mass is 8.67. The highest BCUT2D eigenvalue weighted by atomic mass is 14.1. The van der Waals surface area contributed by atoms with Crippen molar-refractivity contribution < 1.29 is 0 Å². The lowest BCUT2D eigenvalue weighted by Gasteiger charge is -2.39. The van der Waals surface area contributed by atoms with Crippen LogP contribution in [-0.2, 0) is 0 Å². The highest BCUT2D eigenvalue weighted by Gasteiger charge is 2.38. The minimum Gasteiger partial charge on any atom is -0.0851 e. The maximum atomic E-state index is 2.54. The lowest BCUT2D eigenvalue weighted by Crippen LogP contribution is -2.60. The Bertz CT molecular complexity index is 206. The summed E-state index contributed by atoms with van der Waals surface area (Å²) in [6, 6.07) is 0. The average molecular weight is 205 g/mol. The second-order valence-corrected chi connectivity index (χ2v) is 7.24. The first-order valence-corrected chi connectivity index (χ1v) is 6.71. The lowest BCUT2D eigenvalue weighted by molar-refractivity contribution is 0.465. The molecule has 0 amide bonds. The van der Waals surface area contributed by atoms with Gasteiger partial charge in [0.2, 0.25) is 0 Å². The summed E-state index contributed by atoms with van der Waals surface area (Å²) >= 11 is 0. The van der Waals surface area contributed by atoms with Crippen molar-refractivity contribution in [1.82, 2.24) is 0 Å². The molecule has 2 aliphatic heterocycles. The van der Waals surface area contributed by atoms with Gasteiger partial charge in [-0.05, 0) is 0 Å². The van der Waals surface area contributed by atoms with E-state index in [0.717, 1.165) is 0 Å². The number of hydrogen-bond donors (Lipinski definition) is 0. The minimum absolute atomic E-state index is 0.504. The fraction of sp³-hybridized carbons (Fsp3) is 1.00. The SMILES string of the molecule is CC1(C)C[B]B(B2[B]CC(C)(C)C[B]2)[B]C1. The second-order valence-electron chi connectivity index (χ2n) is 7.24. The summed E-state index contributed by atoms with van der Waals surface area (Å²) in [5, 5.41) is 0. The molecule has 2 fully saturated rings. The van der Waals surface area contributed by atoms with Crippen LogP contribution in [0.3, 0.4) is 0 Å². The van der Waals surface area contributed by atoms with E-state index in [1.165, 1.54) is 25.3 Å². The predicted octanol–water partition coefficient (Wildman–Crippen LogP) is 1.61. The van der Waals surface area contributed by atoms with E-state index in [1.54, 1.807) is 0 Å². The van der Waals surface area contributed by atoms with E-state index in [1.807, 2.05) is 0 Å². The highest BCUT2D eigenvalue weighted by Crippen LogP contribution is 2.32. The van der Waals surface area contributed by atoms with Gasteiger partial charge in [-0.3, -0.25) is 0 Å². The summed E-state index contributed by atoms with van der Waals surface area (Å²) in [5.41, 5.74) is 1.01. The van der Waals surface area contributed by atoms with E-state index < -0.39 is 0 Å². The maximum absolute atomic E-state index is 2.54. The molecule has 0 spiro atoms. The van der Waals surface area contributed by atoms with Gasteiger partial charge in [-0.15, -0.1) is 0 Å². The van der Waals surface area contributed by atoms with Crippen molar-refractivity contribution in [2.75, 3.05) is 0 Å². The Morgan fingerprint density at radius 2 is 0.875 bits per heavy atom. The minimum atomic E-state index is 0.504. The normalized spacial score (nSPS) is 27.2. The van der Waals surface area contributed by atoms with Crippen molar-refractivity contribution in [2.45, 2.75) is 53.0 Å². The zero-order valence-electron chi connectivity index (χ0n) is 11.3. The third kappa shape index (κ3) is 3.20. The fourth-order valence-electron chi connectivity index (χ4n) is 2.81. The van der Waals surface area contributed by atoms with Gasteiger partial charge in [0.15, 0.2) is 0 Å². The molecule has 0 N–H and O–H groups in total. The number of hydrogen-bond acceptors (Lipinski definition) is 0. The quantitative estimate of drug-likeness (QED) is 0.570. The molecule has 0 aromatic rings. The van der Waals surface area contributed by atoms with Crippen LogP contribution in [0.15, 0.2) is 0 Å². The van der Waals surface area contributed by atoms with Crippen molar-refractivity contribution in [3.8, 4) is 0 Å². The van der Waals surface area contributed by atoms with Gasteiger partial charge in [-0.1, -0.05) is 63.8 Å². The van der Waals surface area contributed by atoms with Crippen LogP contribution in [-0.4, -0.2) is 41.5 Å². The van der Waals surface area contributed by atoms with E-state index in [9.17, 15) is 0 Å². The Balaban J connectivity index is 1.82. The Kier molecular flexibility index (Phi) is 3.67. The molecule has 4 radical (unpaired) electrons. The molecule has 0 atom stereocenters. The van der Waals surface area contributed by atoms with Gasteiger partial charge in [0.1, 0.15) is 0 Å². The Morgan fingerprint density at radius 3 is 1.12 bits per heavy atom. The van der Waals surface area contributed by atoms with Gasteiger partial charge in [0.25, 0.3) is 0 Å². The van der Waals surface area contributed by atoms with Gasteiger partial charge >= 0.3 is 0 Å². The standard InChI is InChI=1S/C10H20B6/c1-9(2)5-11-15(12-6-9)16-13-7-10(3,4)8-14-16/h5-8H2,1-4H3. The molecular formula is C10H20B6. The molecule has 78 valence electrons. The highest BCUT2D eigenvalue weighted by molar-refractivity contribution is 7.83. The zero-order chi connectivity index (χ0) is 11.8. The first-order valence-electron chi connectivity index (χ1n) is 6.71. The fourth-order valence-corrected chi connectivity index (χ4v) is 2.81. The third-order valence-electron chi connectivity index (χ3n) is 4.21.